The van der Waals surface area contributed by atoms with E-state index in [-0.39, 0.29) is 55.0 Å². The van der Waals surface area contributed by atoms with Gasteiger partial charge in [0.1, 0.15) is 12.1 Å². The Morgan fingerprint density at radius 3 is 2.25 bits per heavy atom. The molecule has 5 rings (SSSR count). The number of likely N-dealkylation sites (tertiary alicyclic amines) is 1. The van der Waals surface area contributed by atoms with Crippen LogP contribution in [0, 0.1) is 11.8 Å². The summed E-state index contributed by atoms with van der Waals surface area (Å²) in [5.41, 5.74) is 2.65. The molecule has 0 unspecified atom stereocenters. The minimum absolute atomic E-state index is 0.0223. The summed E-state index contributed by atoms with van der Waals surface area (Å²) in [5, 5.41) is 21.3. The maximum Gasteiger partial charge on any atom is 0.412 e. The van der Waals surface area contributed by atoms with E-state index < -0.39 is 30.0 Å². The lowest BCUT2D eigenvalue weighted by Crippen LogP contribution is -2.53. The van der Waals surface area contributed by atoms with Gasteiger partial charge in [0, 0.05) is 80.2 Å². The molecule has 2 aliphatic rings. The molecule has 0 spiro atoms. The number of pyridine rings is 1. The number of benzene rings is 2. The van der Waals surface area contributed by atoms with Crippen molar-refractivity contribution < 1.29 is 43.5 Å². The third kappa shape index (κ3) is 16.0. The Kier molecular flexibility index (Phi) is 19.3. The molecule has 0 aliphatic carbocycles. The highest BCUT2D eigenvalue weighted by Crippen LogP contribution is 2.26. The molecule has 5 N–H and O–H groups in total. The first-order chi connectivity index (χ1) is 32.2. The van der Waals surface area contributed by atoms with E-state index in [1.165, 1.54) is 25.2 Å². The van der Waals surface area contributed by atoms with Gasteiger partial charge in [0.05, 0.1) is 6.54 Å². The standard InChI is InChI=1S/C50H62N8O9/c1-34(2)46(55-43(60)15-5-4-8-28-57-44(61)22-23-45(57)62)48(64)53-35(3)47(63)54-40-19-16-38(17-20-40)33-58(50(66)67)41-14-9-13-39(31-41)49(65)56-29-24-36(25-30-56)11-6-7-27-52-42(59)21-18-37-12-10-26-51-32-37/h9-10,12-14,16-23,26,31-32,34-36,46H,4-8,11,15,24-25,27-30,33H2,1-3H3,(H,52,59)(H,53,64)(H,54,63)(H,55,60)(H,66,67)/b21-18+/t35-,46-/m0/s1. The number of nitrogens with zero attached hydrogens (tertiary/aromatic N) is 4. The van der Waals surface area contributed by atoms with Gasteiger partial charge in [-0.2, -0.15) is 0 Å². The van der Waals surface area contributed by atoms with Gasteiger partial charge >= 0.3 is 6.09 Å². The average molecular weight is 919 g/mol. The number of rotatable bonds is 23. The van der Waals surface area contributed by atoms with Crippen LogP contribution in [0.1, 0.15) is 100 Å². The SMILES string of the molecule is CC(C)[C@H](NC(=O)CCCCCN1C(=O)C=CC1=O)C(=O)N[C@@H](C)C(=O)Nc1ccc(CN(C(=O)O)c2cccc(C(=O)N3CCC(CCCCNC(=O)/C=C/c4cccnc4)CC3)c2)cc1. The average Bonchev–Trinajstić information content (AvgIpc) is 3.64. The van der Waals surface area contributed by atoms with Crippen molar-refractivity contribution in [1.29, 1.82) is 0 Å². The van der Waals surface area contributed by atoms with E-state index in [4.69, 9.17) is 0 Å². The van der Waals surface area contributed by atoms with Crippen molar-refractivity contribution in [3.63, 3.8) is 0 Å². The Labute approximate surface area is 391 Å². The van der Waals surface area contributed by atoms with Crippen molar-refractivity contribution >= 4 is 64.9 Å². The van der Waals surface area contributed by atoms with Crippen LogP contribution >= 0.6 is 0 Å². The van der Waals surface area contributed by atoms with Gasteiger partial charge in [-0.1, -0.05) is 57.4 Å². The van der Waals surface area contributed by atoms with Gasteiger partial charge in [0.2, 0.25) is 23.6 Å². The van der Waals surface area contributed by atoms with E-state index in [1.807, 2.05) is 17.0 Å². The molecule has 8 amide bonds. The fourth-order valence-electron chi connectivity index (χ4n) is 7.82. The van der Waals surface area contributed by atoms with Crippen LogP contribution in [-0.4, -0.2) is 106 Å². The zero-order chi connectivity index (χ0) is 48.3. The van der Waals surface area contributed by atoms with Crippen LogP contribution in [0.4, 0.5) is 16.2 Å². The minimum atomic E-state index is -1.20. The molecule has 0 saturated carbocycles. The summed E-state index contributed by atoms with van der Waals surface area (Å²) in [6.45, 7) is 7.14. The Bertz CT molecular complexity index is 2260. The number of carboxylic acid groups (broad SMARTS) is 1. The number of imide groups is 1. The lowest BCUT2D eigenvalue weighted by atomic mass is 9.91. The van der Waals surface area contributed by atoms with Crippen LogP contribution in [0.2, 0.25) is 0 Å². The molecule has 67 heavy (non-hydrogen) atoms. The van der Waals surface area contributed by atoms with Gasteiger partial charge in [-0.15, -0.1) is 0 Å². The molecule has 17 heteroatoms. The molecule has 3 heterocycles. The van der Waals surface area contributed by atoms with Crippen LogP contribution < -0.4 is 26.2 Å². The highest BCUT2D eigenvalue weighted by atomic mass is 16.4. The van der Waals surface area contributed by atoms with E-state index in [9.17, 15) is 43.5 Å². The lowest BCUT2D eigenvalue weighted by molar-refractivity contribution is -0.137. The maximum atomic E-state index is 13.6. The van der Waals surface area contributed by atoms with Crippen molar-refractivity contribution in [1.82, 2.24) is 30.7 Å². The molecule has 2 aromatic carbocycles. The first-order valence-corrected chi connectivity index (χ1v) is 23.0. The summed E-state index contributed by atoms with van der Waals surface area (Å²) in [4.78, 5) is 109. The molecule has 0 radical (unpaired) electrons. The topological polar surface area (TPSA) is 228 Å². The zero-order valence-corrected chi connectivity index (χ0v) is 38.4. The number of amides is 8. The number of hydrogen-bond acceptors (Lipinski definition) is 9. The monoisotopic (exact) mass is 918 g/mol. The van der Waals surface area contributed by atoms with Gasteiger partial charge in [0.25, 0.3) is 17.7 Å². The largest absolute Gasteiger partial charge is 0.465 e. The van der Waals surface area contributed by atoms with Crippen LogP contribution in [0.15, 0.2) is 91.3 Å². The normalized spacial score (nSPS) is 14.8. The van der Waals surface area contributed by atoms with Crippen molar-refractivity contribution in [2.45, 2.75) is 97.2 Å². The van der Waals surface area contributed by atoms with Crippen molar-refractivity contribution in [2.75, 3.05) is 36.4 Å². The Balaban J connectivity index is 1.02. The van der Waals surface area contributed by atoms with Crippen molar-refractivity contribution in [2.24, 2.45) is 11.8 Å². The number of anilines is 2. The highest BCUT2D eigenvalue weighted by Gasteiger charge is 2.28. The number of carbonyl (C=O) groups is 8. The number of unbranched alkanes of at least 4 members (excludes halogenated alkanes) is 3. The predicted molar refractivity (Wildman–Crippen MR) is 253 cm³/mol. The summed E-state index contributed by atoms with van der Waals surface area (Å²) >= 11 is 0. The summed E-state index contributed by atoms with van der Waals surface area (Å²) in [6, 6.07) is 15.1. The fraction of sp³-hybridized carbons (Fsp3) is 0.420. The Morgan fingerprint density at radius 2 is 1.58 bits per heavy atom. The second kappa shape index (κ2) is 25.5. The summed E-state index contributed by atoms with van der Waals surface area (Å²) in [5.74, 6) is -2.12. The predicted octanol–water partition coefficient (Wildman–Crippen LogP) is 5.69. The molecular formula is C50H62N8O9. The smallest absolute Gasteiger partial charge is 0.412 e. The van der Waals surface area contributed by atoms with Gasteiger partial charge in [0.15, 0.2) is 0 Å². The molecule has 0 bridgehead atoms. The third-order valence-corrected chi connectivity index (χ3v) is 11.8. The lowest BCUT2D eigenvalue weighted by Gasteiger charge is -2.32. The first-order valence-electron chi connectivity index (χ1n) is 23.0. The fourth-order valence-corrected chi connectivity index (χ4v) is 7.82. The number of carbonyl (C=O) groups excluding carboxylic acids is 7. The minimum Gasteiger partial charge on any atom is -0.465 e. The Hall–Kier alpha value is -7.17. The molecule has 3 aromatic rings. The van der Waals surface area contributed by atoms with E-state index in [0.717, 1.165) is 47.5 Å². The maximum absolute atomic E-state index is 13.6. The van der Waals surface area contributed by atoms with E-state index in [0.29, 0.717) is 67.3 Å². The molecule has 2 atom stereocenters. The van der Waals surface area contributed by atoms with E-state index in [2.05, 4.69) is 26.3 Å². The molecule has 1 aromatic heterocycles. The van der Waals surface area contributed by atoms with Crippen LogP contribution in [0.25, 0.3) is 6.08 Å². The molecule has 2 aliphatic heterocycles. The summed E-state index contributed by atoms with van der Waals surface area (Å²) in [7, 11) is 0. The number of piperidine rings is 1. The van der Waals surface area contributed by atoms with Gasteiger partial charge in [-0.25, -0.2) is 4.79 Å². The number of hydrogen-bond donors (Lipinski definition) is 5. The molecular weight excluding hydrogens is 857 g/mol. The second-order valence-corrected chi connectivity index (χ2v) is 17.2. The Morgan fingerprint density at radius 1 is 0.851 bits per heavy atom. The number of nitrogens with one attached hydrogen (secondary N) is 4. The van der Waals surface area contributed by atoms with Crippen LogP contribution in [0.3, 0.4) is 0 Å². The molecule has 356 valence electrons. The van der Waals surface area contributed by atoms with Crippen LogP contribution in [-0.2, 0) is 35.3 Å². The van der Waals surface area contributed by atoms with Gasteiger partial charge < -0.3 is 31.3 Å². The summed E-state index contributed by atoms with van der Waals surface area (Å²) < 4.78 is 0. The van der Waals surface area contributed by atoms with Crippen LogP contribution in [0.5, 0.6) is 0 Å². The van der Waals surface area contributed by atoms with Crippen molar-refractivity contribution in [3.05, 3.63) is 108 Å². The zero-order valence-electron chi connectivity index (χ0n) is 38.4. The second-order valence-electron chi connectivity index (χ2n) is 17.2. The molecule has 1 fully saturated rings. The van der Waals surface area contributed by atoms with Gasteiger partial charge in [-0.3, -0.25) is 48.3 Å². The third-order valence-electron chi connectivity index (χ3n) is 11.8. The first kappa shape index (κ1) is 50.8. The number of aromatic nitrogens is 1. The quantitative estimate of drug-likeness (QED) is 0.0444. The van der Waals surface area contributed by atoms with Gasteiger partial charge in [-0.05, 0) is 104 Å². The van der Waals surface area contributed by atoms with Crippen molar-refractivity contribution in [3.8, 4) is 0 Å². The summed E-state index contributed by atoms with van der Waals surface area (Å²) in [6.07, 6.45) is 14.3. The van der Waals surface area contributed by atoms with E-state index >= 15 is 0 Å². The molecule has 1 saturated heterocycles. The highest BCUT2D eigenvalue weighted by molar-refractivity contribution is 6.12. The molecule has 17 nitrogen and oxygen atoms in total. The van der Waals surface area contributed by atoms with E-state index in [1.54, 1.807) is 80.8 Å².